The van der Waals surface area contributed by atoms with Crippen molar-refractivity contribution in [2.24, 2.45) is 7.05 Å². The van der Waals surface area contributed by atoms with E-state index in [0.717, 1.165) is 4.57 Å². The normalized spacial score (nSPS) is 30.5. The summed E-state index contributed by atoms with van der Waals surface area (Å²) in [6.07, 6.45) is -4.27. The maximum absolute atomic E-state index is 11.7. The molecule has 0 aromatic carbocycles. The van der Waals surface area contributed by atoms with E-state index in [1.165, 1.54) is 13.2 Å². The molecule has 9 heteroatoms. The molecule has 0 unspecified atom stereocenters. The number of aliphatic hydroxyl groups is 2. The molecule has 1 aliphatic rings. The van der Waals surface area contributed by atoms with Gasteiger partial charge in [0.2, 0.25) is 5.12 Å². The number of carbonyl (C=O) groups is 1. The second kappa shape index (κ2) is 4.93. The van der Waals surface area contributed by atoms with E-state index >= 15 is 0 Å². The first-order chi connectivity index (χ1) is 8.82. The minimum absolute atomic E-state index is 0.0502. The zero-order valence-corrected chi connectivity index (χ0v) is 10.7. The number of hydrogen-bond donors (Lipinski definition) is 4. The van der Waals surface area contributed by atoms with Gasteiger partial charge in [0.1, 0.15) is 18.3 Å². The first-order valence-corrected chi connectivity index (χ1v) is 5.82. The van der Waals surface area contributed by atoms with Crippen molar-refractivity contribution >= 4 is 17.7 Å². The number of aliphatic hydroxyl groups excluding tert-OH is 2. The van der Waals surface area contributed by atoms with Gasteiger partial charge in [0.25, 0.3) is 5.56 Å². The summed E-state index contributed by atoms with van der Waals surface area (Å²) in [5.74, 6) is 0. The number of aromatic amines is 1. The predicted octanol–water partition coefficient (Wildman–Crippen LogP) is -2.31. The Hall–Kier alpha value is -1.42. The second-order valence-corrected chi connectivity index (χ2v) is 4.69. The molecule has 0 saturated carbocycles. The maximum Gasteiger partial charge on any atom is 0.328 e. The highest BCUT2D eigenvalue weighted by Crippen LogP contribution is 2.32. The Morgan fingerprint density at radius 1 is 1.42 bits per heavy atom. The molecule has 1 fully saturated rings. The molecule has 0 aliphatic carbocycles. The van der Waals surface area contributed by atoms with E-state index < -0.39 is 40.8 Å². The highest BCUT2D eigenvalue weighted by Gasteiger charge is 2.47. The van der Waals surface area contributed by atoms with Crippen LogP contribution in [0.4, 0.5) is 0 Å². The number of thiol groups is 1. The quantitative estimate of drug-likeness (QED) is 0.454. The zero-order valence-electron chi connectivity index (χ0n) is 9.81. The van der Waals surface area contributed by atoms with E-state index in [1.54, 1.807) is 0 Å². The van der Waals surface area contributed by atoms with Crippen LogP contribution in [0.1, 0.15) is 11.7 Å². The molecular weight excluding hydrogens is 276 g/mol. The fourth-order valence-corrected chi connectivity index (χ4v) is 2.14. The average molecular weight is 288 g/mol. The maximum atomic E-state index is 11.7. The van der Waals surface area contributed by atoms with Crippen LogP contribution in [0.5, 0.6) is 0 Å². The first-order valence-electron chi connectivity index (χ1n) is 5.37. The lowest BCUT2D eigenvalue weighted by Crippen LogP contribution is -2.35. The van der Waals surface area contributed by atoms with Gasteiger partial charge in [-0.15, -0.1) is 12.6 Å². The van der Waals surface area contributed by atoms with Gasteiger partial charge in [0.05, 0.1) is 5.56 Å². The molecule has 104 valence electrons. The van der Waals surface area contributed by atoms with E-state index in [2.05, 4.69) is 12.6 Å². The highest BCUT2D eigenvalue weighted by atomic mass is 32.1. The molecule has 1 aromatic rings. The lowest BCUT2D eigenvalue weighted by atomic mass is 10.0. The summed E-state index contributed by atoms with van der Waals surface area (Å²) in [7, 11) is 1.40. The molecule has 1 aromatic heterocycles. The lowest BCUT2D eigenvalue weighted by molar-refractivity contribution is -0.124. The highest BCUT2D eigenvalue weighted by molar-refractivity contribution is 7.96. The van der Waals surface area contributed by atoms with Crippen LogP contribution in [0, 0.1) is 0 Å². The smallest absolute Gasteiger partial charge is 0.328 e. The number of H-pyrrole nitrogens is 1. The molecule has 3 N–H and O–H groups in total. The standard InChI is InChI=1S/C10H12N2O6S/c1-12-2-3(8(15)11-10(12)17)6-4(13)5(14)7(18-6)9(16)19/h2,4-7,13-14H,1H3,(H,16,19)(H,11,15,17)/t4-,5+,6+,7+/m1/s1. The minimum Gasteiger partial charge on any atom is -0.387 e. The Labute approximate surface area is 112 Å². The van der Waals surface area contributed by atoms with Crippen molar-refractivity contribution in [2.75, 3.05) is 0 Å². The number of hydrogen-bond acceptors (Lipinski definition) is 6. The van der Waals surface area contributed by atoms with Crippen molar-refractivity contribution in [3.63, 3.8) is 0 Å². The molecule has 19 heavy (non-hydrogen) atoms. The molecule has 8 nitrogen and oxygen atoms in total. The molecule has 0 amide bonds. The molecule has 0 bridgehead atoms. The van der Waals surface area contributed by atoms with Gasteiger partial charge < -0.3 is 19.5 Å². The van der Waals surface area contributed by atoms with Gasteiger partial charge in [-0.2, -0.15) is 0 Å². The van der Waals surface area contributed by atoms with Crippen LogP contribution in [-0.4, -0.2) is 43.2 Å². The molecular formula is C10H12N2O6S. The van der Waals surface area contributed by atoms with Crippen LogP contribution in [0.2, 0.25) is 0 Å². The van der Waals surface area contributed by atoms with Crippen LogP contribution >= 0.6 is 12.6 Å². The van der Waals surface area contributed by atoms with E-state index in [0.29, 0.717) is 0 Å². The Morgan fingerprint density at radius 3 is 2.58 bits per heavy atom. The molecule has 2 rings (SSSR count). The molecule has 0 spiro atoms. The molecule has 1 saturated heterocycles. The number of nitrogens with one attached hydrogen (secondary N) is 1. The Balaban J connectivity index is 2.44. The van der Waals surface area contributed by atoms with Crippen LogP contribution in [-0.2, 0) is 16.6 Å². The lowest BCUT2D eigenvalue weighted by Gasteiger charge is -2.14. The Bertz CT molecular complexity index is 623. The van der Waals surface area contributed by atoms with Gasteiger partial charge in [-0.05, 0) is 0 Å². The van der Waals surface area contributed by atoms with Gasteiger partial charge >= 0.3 is 5.69 Å². The number of ether oxygens (including phenoxy) is 1. The largest absolute Gasteiger partial charge is 0.387 e. The zero-order chi connectivity index (χ0) is 14.3. The Morgan fingerprint density at radius 2 is 2.05 bits per heavy atom. The van der Waals surface area contributed by atoms with Crippen molar-refractivity contribution in [1.82, 2.24) is 9.55 Å². The molecule has 0 radical (unpaired) electrons. The van der Waals surface area contributed by atoms with Gasteiger partial charge in [0, 0.05) is 13.2 Å². The topological polar surface area (TPSA) is 122 Å². The van der Waals surface area contributed by atoms with E-state index in [9.17, 15) is 24.6 Å². The number of aromatic nitrogens is 2. The number of aryl methyl sites for hydroxylation is 1. The van der Waals surface area contributed by atoms with Crippen molar-refractivity contribution in [1.29, 1.82) is 0 Å². The Kier molecular flexibility index (Phi) is 3.63. The van der Waals surface area contributed by atoms with E-state index in [4.69, 9.17) is 4.74 Å². The van der Waals surface area contributed by atoms with Crippen molar-refractivity contribution in [2.45, 2.75) is 24.4 Å². The van der Waals surface area contributed by atoms with E-state index in [-0.39, 0.29) is 5.56 Å². The third-order valence-electron chi connectivity index (χ3n) is 2.95. The van der Waals surface area contributed by atoms with Crippen molar-refractivity contribution < 1.29 is 19.7 Å². The summed E-state index contributed by atoms with van der Waals surface area (Å²) >= 11 is 3.53. The first kappa shape index (κ1) is 14.0. The number of nitrogens with zero attached hydrogens (tertiary/aromatic N) is 1. The minimum atomic E-state index is -1.48. The predicted molar refractivity (Wildman–Crippen MR) is 65.9 cm³/mol. The number of rotatable bonds is 2. The molecule has 2 heterocycles. The summed E-state index contributed by atoms with van der Waals surface area (Å²) in [5.41, 5.74) is -1.42. The van der Waals surface area contributed by atoms with Crippen LogP contribution in [0.25, 0.3) is 0 Å². The van der Waals surface area contributed by atoms with Crippen molar-refractivity contribution in [3.8, 4) is 0 Å². The van der Waals surface area contributed by atoms with Gasteiger partial charge in [-0.25, -0.2) is 4.79 Å². The van der Waals surface area contributed by atoms with Crippen LogP contribution < -0.4 is 11.2 Å². The van der Waals surface area contributed by atoms with Gasteiger partial charge in [-0.1, -0.05) is 0 Å². The van der Waals surface area contributed by atoms with E-state index in [1.807, 2.05) is 4.98 Å². The SMILES string of the molecule is Cn1cc([C@@H]2O[C@H](C(=O)S)[C@@H](O)[C@H]2O)c(=O)[nH]c1=O. The fraction of sp³-hybridized carbons (Fsp3) is 0.500. The number of carbonyl (C=O) groups excluding carboxylic acids is 1. The third-order valence-corrected chi connectivity index (χ3v) is 3.20. The summed E-state index contributed by atoms with van der Waals surface area (Å²) in [5, 5.41) is 18.7. The summed E-state index contributed by atoms with van der Waals surface area (Å²) in [6.45, 7) is 0. The summed E-state index contributed by atoms with van der Waals surface area (Å²) < 4.78 is 6.24. The van der Waals surface area contributed by atoms with Gasteiger partial charge in [0.15, 0.2) is 6.10 Å². The van der Waals surface area contributed by atoms with Crippen molar-refractivity contribution in [3.05, 3.63) is 32.6 Å². The molecule has 4 atom stereocenters. The fourth-order valence-electron chi connectivity index (χ4n) is 1.92. The summed E-state index contributed by atoms with van der Waals surface area (Å²) in [6, 6.07) is 0. The van der Waals surface area contributed by atoms with Crippen LogP contribution in [0.3, 0.4) is 0 Å². The third kappa shape index (κ3) is 2.37. The van der Waals surface area contributed by atoms with Gasteiger partial charge in [-0.3, -0.25) is 14.6 Å². The monoisotopic (exact) mass is 288 g/mol. The van der Waals surface area contributed by atoms with Crippen LogP contribution in [0.15, 0.2) is 15.8 Å². The average Bonchev–Trinajstić information content (AvgIpc) is 2.62. The summed E-state index contributed by atoms with van der Waals surface area (Å²) in [4.78, 5) is 36.0. The molecule has 1 aliphatic heterocycles. The second-order valence-electron chi connectivity index (χ2n) is 4.25.